The molecule has 0 bridgehead atoms. The maximum atomic E-state index is 12.7. The zero-order chi connectivity index (χ0) is 14.8. The van der Waals surface area contributed by atoms with E-state index in [4.69, 9.17) is 23.2 Å². The van der Waals surface area contributed by atoms with Gasteiger partial charge in [-0.05, 0) is 29.7 Å². The molecule has 1 unspecified atom stereocenters. The minimum Gasteiger partial charge on any atom is -0.166 e. The summed E-state index contributed by atoms with van der Waals surface area (Å²) in [6.07, 6.45) is -3.99. The molecule has 0 saturated heterocycles. The summed E-state index contributed by atoms with van der Waals surface area (Å²) < 4.78 is 38.0. The zero-order valence-corrected chi connectivity index (χ0v) is 11.8. The van der Waals surface area contributed by atoms with Crippen molar-refractivity contribution in [2.75, 3.05) is 0 Å². The lowest BCUT2D eigenvalue weighted by Crippen LogP contribution is -2.06. The normalized spacial score (nSPS) is 13.2. The zero-order valence-electron chi connectivity index (χ0n) is 10.3. The van der Waals surface area contributed by atoms with Crippen LogP contribution in [-0.2, 0) is 12.6 Å². The van der Waals surface area contributed by atoms with Gasteiger partial charge in [0.05, 0.1) is 10.9 Å². The largest absolute Gasteiger partial charge is 0.416 e. The first-order chi connectivity index (χ1) is 9.38. The summed E-state index contributed by atoms with van der Waals surface area (Å²) in [7, 11) is 0. The molecule has 0 aliphatic rings. The summed E-state index contributed by atoms with van der Waals surface area (Å²) in [5.41, 5.74) is 0.549. The van der Waals surface area contributed by atoms with Gasteiger partial charge in [0.2, 0.25) is 0 Å². The molecule has 0 aromatic heterocycles. The van der Waals surface area contributed by atoms with E-state index < -0.39 is 17.1 Å². The Labute approximate surface area is 125 Å². The van der Waals surface area contributed by atoms with Crippen LogP contribution >= 0.6 is 23.2 Å². The Bertz CT molecular complexity index is 594. The molecule has 0 aliphatic heterocycles. The van der Waals surface area contributed by atoms with Crippen LogP contribution in [0.3, 0.4) is 0 Å². The molecule has 106 valence electrons. The highest BCUT2D eigenvalue weighted by Gasteiger charge is 2.30. The minimum absolute atomic E-state index is 0.378. The van der Waals surface area contributed by atoms with Crippen molar-refractivity contribution in [3.8, 4) is 0 Å². The standard InChI is InChI=1S/C15H11Cl2F3/c16-13-7-2-1-4-11(13)9-14(17)10-5-3-6-12(8-10)15(18,19)20/h1-8,14H,9H2. The van der Waals surface area contributed by atoms with Gasteiger partial charge in [0.15, 0.2) is 0 Å². The van der Waals surface area contributed by atoms with Gasteiger partial charge in [0, 0.05) is 5.02 Å². The minimum atomic E-state index is -4.36. The van der Waals surface area contributed by atoms with E-state index in [9.17, 15) is 13.2 Å². The van der Waals surface area contributed by atoms with Crippen LogP contribution in [0.4, 0.5) is 13.2 Å². The van der Waals surface area contributed by atoms with Crippen LogP contribution in [0.25, 0.3) is 0 Å². The summed E-state index contributed by atoms with van der Waals surface area (Å²) in [5.74, 6) is 0. The SMILES string of the molecule is FC(F)(F)c1cccc(C(Cl)Cc2ccccc2Cl)c1. The van der Waals surface area contributed by atoms with Crippen molar-refractivity contribution in [1.82, 2.24) is 0 Å². The average molecular weight is 319 g/mol. The Morgan fingerprint density at radius 1 is 1.00 bits per heavy atom. The molecule has 0 aliphatic carbocycles. The highest BCUT2D eigenvalue weighted by molar-refractivity contribution is 6.31. The van der Waals surface area contributed by atoms with E-state index in [0.29, 0.717) is 17.0 Å². The fourth-order valence-corrected chi connectivity index (χ4v) is 2.40. The molecule has 20 heavy (non-hydrogen) atoms. The summed E-state index contributed by atoms with van der Waals surface area (Å²) in [6, 6.07) is 12.2. The molecule has 2 aromatic rings. The Morgan fingerprint density at radius 3 is 2.35 bits per heavy atom. The van der Waals surface area contributed by atoms with E-state index in [1.807, 2.05) is 12.1 Å². The van der Waals surface area contributed by atoms with Gasteiger partial charge in [-0.2, -0.15) is 13.2 Å². The number of hydrogen-bond acceptors (Lipinski definition) is 0. The monoisotopic (exact) mass is 318 g/mol. The number of rotatable bonds is 3. The van der Waals surface area contributed by atoms with Crippen molar-refractivity contribution in [1.29, 1.82) is 0 Å². The predicted octanol–water partition coefficient (Wildman–Crippen LogP) is 5.88. The second kappa shape index (κ2) is 6.06. The Morgan fingerprint density at radius 2 is 1.70 bits per heavy atom. The fourth-order valence-electron chi connectivity index (χ4n) is 1.88. The highest BCUT2D eigenvalue weighted by atomic mass is 35.5. The van der Waals surface area contributed by atoms with Crippen molar-refractivity contribution in [2.45, 2.75) is 18.0 Å². The first kappa shape index (κ1) is 15.2. The Balaban J connectivity index is 2.22. The molecule has 0 radical (unpaired) electrons. The molecule has 2 aromatic carbocycles. The van der Waals surface area contributed by atoms with Gasteiger partial charge < -0.3 is 0 Å². The molecule has 0 fully saturated rings. The number of hydrogen-bond donors (Lipinski definition) is 0. The number of alkyl halides is 4. The molecule has 0 amide bonds. The van der Waals surface area contributed by atoms with Gasteiger partial charge in [0.1, 0.15) is 0 Å². The third kappa shape index (κ3) is 3.68. The lowest BCUT2D eigenvalue weighted by atomic mass is 10.0. The summed E-state index contributed by atoms with van der Waals surface area (Å²) in [6.45, 7) is 0. The van der Waals surface area contributed by atoms with Crippen LogP contribution in [0, 0.1) is 0 Å². The molecule has 0 N–H and O–H groups in total. The van der Waals surface area contributed by atoms with Crippen molar-refractivity contribution >= 4 is 23.2 Å². The van der Waals surface area contributed by atoms with Crippen LogP contribution in [-0.4, -0.2) is 0 Å². The third-order valence-electron chi connectivity index (χ3n) is 2.93. The van der Waals surface area contributed by atoms with E-state index >= 15 is 0 Å². The summed E-state index contributed by atoms with van der Waals surface area (Å²) in [5, 5.41) is 0.00215. The van der Waals surface area contributed by atoms with Gasteiger partial charge in [0.25, 0.3) is 0 Å². The van der Waals surface area contributed by atoms with E-state index in [1.165, 1.54) is 6.07 Å². The molecule has 0 saturated carbocycles. The predicted molar refractivity (Wildman–Crippen MR) is 75.2 cm³/mol. The molecule has 0 spiro atoms. The van der Waals surface area contributed by atoms with E-state index in [1.54, 1.807) is 18.2 Å². The highest BCUT2D eigenvalue weighted by Crippen LogP contribution is 2.33. The Kier molecular flexibility index (Phi) is 4.61. The van der Waals surface area contributed by atoms with Crippen LogP contribution in [0.15, 0.2) is 48.5 Å². The maximum Gasteiger partial charge on any atom is 0.416 e. The smallest absolute Gasteiger partial charge is 0.166 e. The number of halogens is 5. The second-order valence-electron chi connectivity index (χ2n) is 4.39. The van der Waals surface area contributed by atoms with Gasteiger partial charge in [-0.15, -0.1) is 11.6 Å². The Hall–Kier alpha value is -1.19. The van der Waals surface area contributed by atoms with E-state index in [-0.39, 0.29) is 0 Å². The van der Waals surface area contributed by atoms with Gasteiger partial charge in [-0.3, -0.25) is 0 Å². The molecular weight excluding hydrogens is 308 g/mol. The van der Waals surface area contributed by atoms with Gasteiger partial charge in [-0.25, -0.2) is 0 Å². The topological polar surface area (TPSA) is 0 Å². The van der Waals surface area contributed by atoms with Crippen molar-refractivity contribution in [2.24, 2.45) is 0 Å². The molecule has 2 rings (SSSR count). The van der Waals surface area contributed by atoms with Gasteiger partial charge >= 0.3 is 6.18 Å². The van der Waals surface area contributed by atoms with Gasteiger partial charge in [-0.1, -0.05) is 48.0 Å². The van der Waals surface area contributed by atoms with Crippen molar-refractivity contribution in [3.05, 3.63) is 70.2 Å². The fraction of sp³-hybridized carbons (Fsp3) is 0.200. The van der Waals surface area contributed by atoms with Crippen molar-refractivity contribution in [3.63, 3.8) is 0 Å². The maximum absolute atomic E-state index is 12.7. The quantitative estimate of drug-likeness (QED) is 0.620. The summed E-state index contributed by atoms with van der Waals surface area (Å²) >= 11 is 12.2. The molecule has 0 nitrogen and oxygen atoms in total. The van der Waals surface area contributed by atoms with E-state index in [2.05, 4.69) is 0 Å². The number of benzene rings is 2. The molecule has 5 heteroatoms. The lowest BCUT2D eigenvalue weighted by molar-refractivity contribution is -0.137. The van der Waals surface area contributed by atoms with E-state index in [0.717, 1.165) is 17.7 Å². The molecule has 0 heterocycles. The van der Waals surface area contributed by atoms with Crippen LogP contribution in [0.1, 0.15) is 22.1 Å². The lowest BCUT2D eigenvalue weighted by Gasteiger charge is -2.13. The average Bonchev–Trinajstić information content (AvgIpc) is 2.40. The molecule has 1 atom stereocenters. The summed E-state index contributed by atoms with van der Waals surface area (Å²) in [4.78, 5) is 0. The third-order valence-corrected chi connectivity index (χ3v) is 3.71. The van der Waals surface area contributed by atoms with Crippen molar-refractivity contribution < 1.29 is 13.2 Å². The second-order valence-corrected chi connectivity index (χ2v) is 5.32. The first-order valence-corrected chi connectivity index (χ1v) is 6.74. The van der Waals surface area contributed by atoms with Crippen LogP contribution < -0.4 is 0 Å². The van der Waals surface area contributed by atoms with Crippen LogP contribution in [0.2, 0.25) is 5.02 Å². The molecular formula is C15H11Cl2F3. The van der Waals surface area contributed by atoms with Crippen LogP contribution in [0.5, 0.6) is 0 Å². The first-order valence-electron chi connectivity index (χ1n) is 5.92.